The van der Waals surface area contributed by atoms with Crippen molar-refractivity contribution in [3.05, 3.63) is 89.4 Å². The van der Waals surface area contributed by atoms with E-state index in [0.29, 0.717) is 16.9 Å². The number of hydrogen-bond donors (Lipinski definition) is 1. The number of pyridine rings is 1. The number of hydrogen-bond acceptors (Lipinski definition) is 5. The lowest BCUT2D eigenvalue weighted by Gasteiger charge is -2.22. The van der Waals surface area contributed by atoms with E-state index in [0.717, 1.165) is 57.7 Å². The second-order valence-electron chi connectivity index (χ2n) is 9.38. The fourth-order valence-electron chi connectivity index (χ4n) is 5.12. The van der Waals surface area contributed by atoms with Gasteiger partial charge in [0.15, 0.2) is 0 Å². The van der Waals surface area contributed by atoms with Gasteiger partial charge in [-0.1, -0.05) is 43.0 Å². The van der Waals surface area contributed by atoms with Crippen molar-refractivity contribution < 1.29 is 4.74 Å². The highest BCUT2D eigenvalue weighted by Crippen LogP contribution is 2.32. The Bertz CT molecular complexity index is 1590. The monoisotopic (exact) mass is 509 g/mol. The van der Waals surface area contributed by atoms with Gasteiger partial charge in [0.25, 0.3) is 0 Å². The van der Waals surface area contributed by atoms with E-state index in [-0.39, 0.29) is 0 Å². The van der Waals surface area contributed by atoms with Crippen LogP contribution in [0, 0.1) is 0 Å². The molecular formula is C30H28ClN5O. The van der Waals surface area contributed by atoms with Gasteiger partial charge in [-0.05, 0) is 73.5 Å². The van der Waals surface area contributed by atoms with E-state index in [1.807, 2.05) is 54.6 Å². The summed E-state index contributed by atoms with van der Waals surface area (Å²) in [6.45, 7) is 0. The highest BCUT2D eigenvalue weighted by molar-refractivity contribution is 6.30. The van der Waals surface area contributed by atoms with Crippen LogP contribution in [0.1, 0.15) is 32.1 Å². The fourth-order valence-corrected chi connectivity index (χ4v) is 5.24. The first-order chi connectivity index (χ1) is 18.2. The largest absolute Gasteiger partial charge is 0.480 e. The number of ether oxygens (including phenoxy) is 1. The second kappa shape index (κ2) is 10.2. The third-order valence-corrected chi connectivity index (χ3v) is 7.16. The molecule has 6 rings (SSSR count). The fraction of sp³-hybridized carbons (Fsp3) is 0.233. The first-order valence-corrected chi connectivity index (χ1v) is 13.1. The molecule has 1 saturated carbocycles. The quantitative estimate of drug-likeness (QED) is 0.255. The number of nitrogens with one attached hydrogen (secondary N) is 1. The predicted octanol–water partition coefficient (Wildman–Crippen LogP) is 7.16. The van der Waals surface area contributed by atoms with Crippen molar-refractivity contribution in [1.82, 2.24) is 14.5 Å². The Kier molecular flexibility index (Phi) is 6.49. The molecule has 0 atom stereocenters. The molecule has 37 heavy (non-hydrogen) atoms. The Morgan fingerprint density at radius 1 is 0.946 bits per heavy atom. The normalized spacial score (nSPS) is 14.8. The van der Waals surface area contributed by atoms with Gasteiger partial charge in [-0.3, -0.25) is 4.99 Å². The van der Waals surface area contributed by atoms with Crippen molar-refractivity contribution in [2.75, 3.05) is 12.4 Å². The van der Waals surface area contributed by atoms with Crippen LogP contribution in [0.25, 0.3) is 28.1 Å². The number of rotatable bonds is 5. The van der Waals surface area contributed by atoms with Crippen LogP contribution in [0.2, 0.25) is 5.02 Å². The number of fused-ring (bicyclic) bond motifs is 2. The smallest absolute Gasteiger partial charge is 0.237 e. The van der Waals surface area contributed by atoms with Gasteiger partial charge in [-0.15, -0.1) is 0 Å². The van der Waals surface area contributed by atoms with Crippen LogP contribution in [0.15, 0.2) is 84.0 Å². The van der Waals surface area contributed by atoms with Crippen LogP contribution in [-0.4, -0.2) is 27.7 Å². The topological polar surface area (TPSA) is 64.3 Å². The van der Waals surface area contributed by atoms with Crippen LogP contribution < -0.4 is 15.4 Å². The molecule has 7 heteroatoms. The van der Waals surface area contributed by atoms with Crippen LogP contribution in [0.5, 0.6) is 5.88 Å². The summed E-state index contributed by atoms with van der Waals surface area (Å²) in [4.78, 5) is 14.7. The summed E-state index contributed by atoms with van der Waals surface area (Å²) >= 11 is 6.23. The highest BCUT2D eigenvalue weighted by Gasteiger charge is 2.19. The van der Waals surface area contributed by atoms with Gasteiger partial charge in [0, 0.05) is 16.9 Å². The molecule has 1 N–H and O–H groups in total. The number of halogens is 1. The van der Waals surface area contributed by atoms with Crippen LogP contribution >= 0.6 is 11.6 Å². The van der Waals surface area contributed by atoms with Crippen molar-refractivity contribution in [3.63, 3.8) is 0 Å². The zero-order valence-electron chi connectivity index (χ0n) is 20.7. The minimum absolute atomic E-state index is 0.306. The Balaban J connectivity index is 1.62. The number of nitrogens with zero attached hydrogens (tertiary/aromatic N) is 4. The molecule has 1 fully saturated rings. The highest BCUT2D eigenvalue weighted by atomic mass is 35.5. The van der Waals surface area contributed by atoms with Crippen molar-refractivity contribution in [2.24, 2.45) is 4.99 Å². The summed E-state index contributed by atoms with van der Waals surface area (Å²) in [6.07, 6.45) is 7.67. The van der Waals surface area contributed by atoms with E-state index in [1.54, 1.807) is 13.3 Å². The van der Waals surface area contributed by atoms with Crippen molar-refractivity contribution >= 4 is 34.0 Å². The maximum absolute atomic E-state index is 6.23. The number of para-hydroxylation sites is 2. The molecule has 3 aliphatic rings. The summed E-state index contributed by atoms with van der Waals surface area (Å²) in [7, 11) is 1.63. The van der Waals surface area contributed by atoms with Gasteiger partial charge in [-0.2, -0.15) is 0 Å². The first kappa shape index (κ1) is 23.5. The van der Waals surface area contributed by atoms with Crippen molar-refractivity contribution in [3.8, 4) is 23.0 Å². The van der Waals surface area contributed by atoms with E-state index in [1.165, 1.54) is 19.3 Å². The lowest BCUT2D eigenvalue weighted by Crippen LogP contribution is -2.19. The molecule has 0 saturated heterocycles. The van der Waals surface area contributed by atoms with E-state index in [9.17, 15) is 0 Å². The maximum atomic E-state index is 6.23. The van der Waals surface area contributed by atoms with Crippen molar-refractivity contribution in [2.45, 2.75) is 38.1 Å². The lowest BCUT2D eigenvalue weighted by molar-refractivity contribution is 0.400. The molecule has 2 aliphatic carbocycles. The molecule has 1 aromatic heterocycles. The van der Waals surface area contributed by atoms with Crippen LogP contribution in [0.3, 0.4) is 0 Å². The minimum Gasteiger partial charge on any atom is -0.480 e. The summed E-state index contributed by atoms with van der Waals surface area (Å²) < 4.78 is 7.74. The summed E-state index contributed by atoms with van der Waals surface area (Å²) in [5.41, 5.74) is 6.47. The van der Waals surface area contributed by atoms with Gasteiger partial charge in [-0.25, -0.2) is 9.97 Å². The van der Waals surface area contributed by atoms with E-state index in [2.05, 4.69) is 33.1 Å². The van der Waals surface area contributed by atoms with E-state index in [4.69, 9.17) is 26.3 Å². The van der Waals surface area contributed by atoms with Crippen LogP contribution in [-0.2, 0) is 0 Å². The molecule has 0 unspecified atom stereocenters. The molecule has 0 bridgehead atoms. The molecule has 2 heterocycles. The molecule has 0 spiro atoms. The predicted molar refractivity (Wildman–Crippen MR) is 149 cm³/mol. The number of benzene rings is 3. The molecule has 3 aromatic rings. The minimum atomic E-state index is 0.306. The third kappa shape index (κ3) is 4.77. The zero-order chi connectivity index (χ0) is 25.2. The lowest BCUT2D eigenvalue weighted by atomic mass is 9.96. The number of aromatic nitrogens is 3. The third-order valence-electron chi connectivity index (χ3n) is 6.91. The number of methoxy groups -OCH3 is 1. The molecule has 6 nitrogen and oxygen atoms in total. The molecule has 0 radical (unpaired) electrons. The SMILES string of the molecule is COc1ncccc1Nc1cc2nc3ccccc3n(-c3ccc(Cl)cc3)c-2c/c1=N\C1CCCCC1. The van der Waals surface area contributed by atoms with Gasteiger partial charge in [0.1, 0.15) is 5.69 Å². The molecule has 1 aliphatic heterocycles. The molecule has 2 aromatic carbocycles. The second-order valence-corrected chi connectivity index (χ2v) is 9.81. The maximum Gasteiger partial charge on any atom is 0.237 e. The number of anilines is 2. The summed E-state index contributed by atoms with van der Waals surface area (Å²) in [5, 5.41) is 5.15. The first-order valence-electron chi connectivity index (χ1n) is 12.7. The Morgan fingerprint density at radius 3 is 2.57 bits per heavy atom. The molecule has 186 valence electrons. The van der Waals surface area contributed by atoms with E-state index >= 15 is 0 Å². The summed E-state index contributed by atoms with van der Waals surface area (Å²) in [6, 6.07) is 24.5. The van der Waals surface area contributed by atoms with Gasteiger partial charge < -0.3 is 14.6 Å². The Morgan fingerprint density at radius 2 is 1.76 bits per heavy atom. The molecule has 0 amide bonds. The van der Waals surface area contributed by atoms with Gasteiger partial charge >= 0.3 is 0 Å². The zero-order valence-corrected chi connectivity index (χ0v) is 21.4. The average molecular weight is 510 g/mol. The van der Waals surface area contributed by atoms with Crippen molar-refractivity contribution in [1.29, 1.82) is 0 Å². The standard InChI is InChI=1S/C30H28ClN5O/c1-37-30-24(11-7-17-32-30)35-25-18-27-29(19-26(25)33-21-8-3-2-4-9-21)36(22-15-13-20(31)14-16-22)28-12-6-5-10-23(28)34-27/h5-7,10-19,21,35H,2-4,8-9H2,1H3/b33-26+. The van der Waals surface area contributed by atoms with Crippen LogP contribution in [0.4, 0.5) is 11.4 Å². The Labute approximate surface area is 221 Å². The van der Waals surface area contributed by atoms with Gasteiger partial charge in [0.2, 0.25) is 5.88 Å². The Hall–Kier alpha value is -3.90. The summed E-state index contributed by atoms with van der Waals surface area (Å²) in [5.74, 6) is 0.536. The van der Waals surface area contributed by atoms with Gasteiger partial charge in [0.05, 0.1) is 46.6 Å². The van der Waals surface area contributed by atoms with E-state index < -0.39 is 0 Å². The molecular weight excluding hydrogens is 482 g/mol. The average Bonchev–Trinajstić information content (AvgIpc) is 2.94.